The summed E-state index contributed by atoms with van der Waals surface area (Å²) in [6.07, 6.45) is 5.07. The maximum absolute atomic E-state index is 12.5. The van der Waals surface area contributed by atoms with Crippen LogP contribution < -0.4 is 9.47 Å². The standard InChI is InChI=1S/C20H27NO5/c1-4-24-17-11-7-15(13-18(17)25-5-2)8-12-19(22)21(16-9-10-16)14-20(23)26-6-3/h7-8,11-13,16H,4-6,9-10,14H2,1-3H3/b12-8-. The van der Waals surface area contributed by atoms with Crippen LogP contribution >= 0.6 is 0 Å². The van der Waals surface area contributed by atoms with Crippen LogP contribution in [0.4, 0.5) is 0 Å². The van der Waals surface area contributed by atoms with Crippen LogP contribution in [0.1, 0.15) is 39.2 Å². The van der Waals surface area contributed by atoms with E-state index in [0.717, 1.165) is 18.4 Å². The lowest BCUT2D eigenvalue weighted by Crippen LogP contribution is -2.37. The monoisotopic (exact) mass is 361 g/mol. The van der Waals surface area contributed by atoms with Crippen molar-refractivity contribution in [3.05, 3.63) is 29.8 Å². The number of nitrogens with zero attached hydrogens (tertiary/aromatic N) is 1. The number of amides is 1. The number of carbonyl (C=O) groups is 2. The molecule has 0 saturated heterocycles. The highest BCUT2D eigenvalue weighted by Gasteiger charge is 2.33. The van der Waals surface area contributed by atoms with Gasteiger partial charge in [0.1, 0.15) is 6.54 Å². The number of esters is 1. The lowest BCUT2D eigenvalue weighted by molar-refractivity contribution is -0.148. The van der Waals surface area contributed by atoms with E-state index in [9.17, 15) is 9.59 Å². The third kappa shape index (κ3) is 5.79. The van der Waals surface area contributed by atoms with Crippen molar-refractivity contribution >= 4 is 18.0 Å². The fourth-order valence-corrected chi connectivity index (χ4v) is 2.55. The minimum absolute atomic E-state index is 0.00481. The summed E-state index contributed by atoms with van der Waals surface area (Å²) in [6.45, 7) is 6.97. The molecule has 1 saturated carbocycles. The highest BCUT2D eigenvalue weighted by Crippen LogP contribution is 2.30. The van der Waals surface area contributed by atoms with Crippen LogP contribution in [0.3, 0.4) is 0 Å². The van der Waals surface area contributed by atoms with E-state index in [1.54, 1.807) is 17.9 Å². The Kier molecular flexibility index (Phi) is 7.51. The molecule has 0 aromatic heterocycles. The molecule has 0 bridgehead atoms. The van der Waals surface area contributed by atoms with Crippen LogP contribution in [0.25, 0.3) is 6.08 Å². The van der Waals surface area contributed by atoms with Crippen molar-refractivity contribution < 1.29 is 23.8 Å². The van der Waals surface area contributed by atoms with Gasteiger partial charge in [0.2, 0.25) is 5.91 Å². The topological polar surface area (TPSA) is 65.1 Å². The smallest absolute Gasteiger partial charge is 0.325 e. The summed E-state index contributed by atoms with van der Waals surface area (Å²) in [5.41, 5.74) is 0.831. The lowest BCUT2D eigenvalue weighted by Gasteiger charge is -2.19. The Morgan fingerprint density at radius 2 is 1.77 bits per heavy atom. The van der Waals surface area contributed by atoms with Gasteiger partial charge in [0.05, 0.1) is 19.8 Å². The highest BCUT2D eigenvalue weighted by atomic mass is 16.5. The van der Waals surface area contributed by atoms with E-state index in [2.05, 4.69) is 0 Å². The van der Waals surface area contributed by atoms with Crippen LogP contribution in [0, 0.1) is 0 Å². The summed E-state index contributed by atoms with van der Waals surface area (Å²) >= 11 is 0. The van der Waals surface area contributed by atoms with Crippen molar-refractivity contribution in [2.24, 2.45) is 0 Å². The zero-order valence-electron chi connectivity index (χ0n) is 15.7. The van der Waals surface area contributed by atoms with E-state index < -0.39 is 0 Å². The largest absolute Gasteiger partial charge is 0.490 e. The van der Waals surface area contributed by atoms with Gasteiger partial charge in [-0.2, -0.15) is 0 Å². The normalized spacial score (nSPS) is 13.5. The summed E-state index contributed by atoms with van der Waals surface area (Å²) in [7, 11) is 0. The number of hydrogen-bond acceptors (Lipinski definition) is 5. The molecule has 0 aliphatic heterocycles. The molecular weight excluding hydrogens is 334 g/mol. The third-order valence-electron chi connectivity index (χ3n) is 3.86. The van der Waals surface area contributed by atoms with Gasteiger partial charge in [0, 0.05) is 12.1 Å². The number of benzene rings is 1. The predicted molar refractivity (Wildman–Crippen MR) is 99.2 cm³/mol. The summed E-state index contributed by atoms with van der Waals surface area (Å²) in [6, 6.07) is 5.67. The molecule has 6 nitrogen and oxygen atoms in total. The van der Waals surface area contributed by atoms with E-state index in [4.69, 9.17) is 14.2 Å². The van der Waals surface area contributed by atoms with Crippen LogP contribution in [-0.2, 0) is 14.3 Å². The Hall–Kier alpha value is -2.50. The van der Waals surface area contributed by atoms with Gasteiger partial charge in [-0.25, -0.2) is 0 Å². The minimum atomic E-state index is -0.374. The van der Waals surface area contributed by atoms with Crippen LogP contribution in [0.15, 0.2) is 24.3 Å². The summed E-state index contributed by atoms with van der Waals surface area (Å²) < 4.78 is 16.1. The zero-order chi connectivity index (χ0) is 18.9. The van der Waals surface area contributed by atoms with E-state index in [1.165, 1.54) is 6.08 Å². The molecule has 0 heterocycles. The van der Waals surface area contributed by atoms with Gasteiger partial charge in [0.15, 0.2) is 11.5 Å². The lowest BCUT2D eigenvalue weighted by atomic mass is 10.2. The quantitative estimate of drug-likeness (QED) is 0.473. The van der Waals surface area contributed by atoms with E-state index >= 15 is 0 Å². The molecule has 26 heavy (non-hydrogen) atoms. The van der Waals surface area contributed by atoms with Gasteiger partial charge in [0.25, 0.3) is 0 Å². The second kappa shape index (κ2) is 9.85. The van der Waals surface area contributed by atoms with Gasteiger partial charge < -0.3 is 19.1 Å². The summed E-state index contributed by atoms with van der Waals surface area (Å²) in [5, 5.41) is 0. The molecule has 1 amide bonds. The summed E-state index contributed by atoms with van der Waals surface area (Å²) in [5.74, 6) is 0.766. The Labute approximate surface area is 154 Å². The van der Waals surface area contributed by atoms with Crippen LogP contribution in [-0.4, -0.2) is 49.2 Å². The minimum Gasteiger partial charge on any atom is -0.490 e. The molecule has 6 heteroatoms. The van der Waals surface area contributed by atoms with Crippen LogP contribution in [0.5, 0.6) is 11.5 Å². The van der Waals surface area contributed by atoms with Crippen molar-refractivity contribution in [1.29, 1.82) is 0 Å². The van der Waals surface area contributed by atoms with Crippen molar-refractivity contribution in [3.8, 4) is 11.5 Å². The molecule has 2 rings (SSSR count). The first kappa shape index (κ1) is 19.8. The molecule has 142 valence electrons. The molecule has 0 unspecified atom stereocenters. The molecule has 0 radical (unpaired) electrons. The molecule has 0 N–H and O–H groups in total. The second-order valence-corrected chi connectivity index (χ2v) is 5.91. The first-order valence-electron chi connectivity index (χ1n) is 9.12. The number of rotatable bonds is 10. The van der Waals surface area contributed by atoms with Gasteiger partial charge in [-0.05, 0) is 57.4 Å². The first-order chi connectivity index (χ1) is 12.6. The predicted octanol–water partition coefficient (Wildman–Crippen LogP) is 3.05. The zero-order valence-corrected chi connectivity index (χ0v) is 15.7. The van der Waals surface area contributed by atoms with Gasteiger partial charge in [-0.15, -0.1) is 0 Å². The Bertz CT molecular complexity index is 652. The molecular formula is C20H27NO5. The average molecular weight is 361 g/mol. The average Bonchev–Trinajstić information content (AvgIpc) is 3.45. The number of hydrogen-bond donors (Lipinski definition) is 0. The fourth-order valence-electron chi connectivity index (χ4n) is 2.55. The maximum Gasteiger partial charge on any atom is 0.325 e. The number of carbonyl (C=O) groups excluding carboxylic acids is 2. The first-order valence-corrected chi connectivity index (χ1v) is 9.12. The molecule has 1 fully saturated rings. The fraction of sp³-hybridized carbons (Fsp3) is 0.500. The van der Waals surface area contributed by atoms with Gasteiger partial charge in [-0.1, -0.05) is 6.07 Å². The maximum atomic E-state index is 12.5. The molecule has 1 aromatic rings. The molecule has 0 spiro atoms. The van der Waals surface area contributed by atoms with Gasteiger partial charge >= 0.3 is 5.97 Å². The second-order valence-electron chi connectivity index (χ2n) is 5.91. The Balaban J connectivity index is 2.07. The molecule has 1 aliphatic carbocycles. The van der Waals surface area contributed by atoms with Gasteiger partial charge in [-0.3, -0.25) is 9.59 Å². The van der Waals surface area contributed by atoms with Crippen molar-refractivity contribution in [2.45, 2.75) is 39.7 Å². The summed E-state index contributed by atoms with van der Waals surface area (Å²) in [4.78, 5) is 25.8. The van der Waals surface area contributed by atoms with E-state index in [-0.39, 0.29) is 24.5 Å². The molecule has 0 atom stereocenters. The number of ether oxygens (including phenoxy) is 3. The highest BCUT2D eigenvalue weighted by molar-refractivity contribution is 5.94. The molecule has 1 aromatic carbocycles. The third-order valence-corrected chi connectivity index (χ3v) is 3.86. The van der Waals surface area contributed by atoms with Crippen molar-refractivity contribution in [2.75, 3.05) is 26.4 Å². The molecule has 1 aliphatic rings. The van der Waals surface area contributed by atoms with Crippen LogP contribution in [0.2, 0.25) is 0 Å². The van der Waals surface area contributed by atoms with Crippen molar-refractivity contribution in [3.63, 3.8) is 0 Å². The van der Waals surface area contributed by atoms with E-state index in [1.807, 2.05) is 32.0 Å². The Morgan fingerprint density at radius 3 is 2.38 bits per heavy atom. The SMILES string of the molecule is CCOC(=O)CN(C(=O)/C=C\c1ccc(OCC)c(OCC)c1)C1CC1. The van der Waals surface area contributed by atoms with Crippen molar-refractivity contribution in [1.82, 2.24) is 4.90 Å². The Morgan fingerprint density at radius 1 is 1.08 bits per heavy atom. The van der Waals surface area contributed by atoms with E-state index in [0.29, 0.717) is 31.3 Å².